The molecular formula is C9H13NO2. The molecule has 0 aromatic rings. The lowest BCUT2D eigenvalue weighted by Gasteiger charge is -2.25. The quantitative estimate of drug-likeness (QED) is 0.552. The van der Waals surface area contributed by atoms with Gasteiger partial charge in [0.1, 0.15) is 5.60 Å². The molecule has 2 aliphatic heterocycles. The molecule has 12 heavy (non-hydrogen) atoms. The Morgan fingerprint density at radius 2 is 2.33 bits per heavy atom. The molecule has 66 valence electrons. The molecule has 0 spiro atoms. The minimum Gasteiger partial charge on any atom is -0.375 e. The van der Waals surface area contributed by atoms with E-state index in [-0.39, 0.29) is 17.8 Å². The topological polar surface area (TPSA) is 45.5 Å². The molecule has 0 aliphatic carbocycles. The highest BCUT2D eigenvalue weighted by Gasteiger charge is 2.59. The summed E-state index contributed by atoms with van der Waals surface area (Å²) < 4.78 is 10.9. The van der Waals surface area contributed by atoms with Gasteiger partial charge in [-0.2, -0.15) is 5.26 Å². The van der Waals surface area contributed by atoms with E-state index in [1.165, 1.54) is 6.42 Å². The van der Waals surface area contributed by atoms with Gasteiger partial charge in [0.2, 0.25) is 0 Å². The van der Waals surface area contributed by atoms with Crippen LogP contribution in [0.2, 0.25) is 0 Å². The van der Waals surface area contributed by atoms with Crippen molar-refractivity contribution < 1.29 is 9.47 Å². The van der Waals surface area contributed by atoms with Crippen molar-refractivity contribution in [3.8, 4) is 6.07 Å². The van der Waals surface area contributed by atoms with Gasteiger partial charge in [-0.05, 0) is 26.2 Å². The van der Waals surface area contributed by atoms with Crippen molar-refractivity contribution in [1.29, 1.82) is 5.26 Å². The largest absolute Gasteiger partial charge is 0.375 e. The highest BCUT2D eigenvalue weighted by atomic mass is 16.6. The molecule has 2 saturated heterocycles. The molecule has 0 amide bonds. The smallest absolute Gasteiger partial charge is 0.176 e. The first-order chi connectivity index (χ1) is 5.77. The van der Waals surface area contributed by atoms with Crippen molar-refractivity contribution in [3.63, 3.8) is 0 Å². The number of nitriles is 1. The van der Waals surface area contributed by atoms with E-state index in [4.69, 9.17) is 14.7 Å². The van der Waals surface area contributed by atoms with Crippen LogP contribution in [0.5, 0.6) is 0 Å². The van der Waals surface area contributed by atoms with Crippen LogP contribution in [0.25, 0.3) is 0 Å². The number of rotatable bonds is 1. The molecule has 3 atom stereocenters. The fourth-order valence-corrected chi connectivity index (χ4v) is 1.81. The van der Waals surface area contributed by atoms with Crippen LogP contribution in [-0.2, 0) is 9.47 Å². The van der Waals surface area contributed by atoms with Gasteiger partial charge in [0.25, 0.3) is 0 Å². The molecule has 0 radical (unpaired) electrons. The van der Waals surface area contributed by atoms with Crippen LogP contribution in [0.15, 0.2) is 0 Å². The Morgan fingerprint density at radius 3 is 2.83 bits per heavy atom. The summed E-state index contributed by atoms with van der Waals surface area (Å²) in [4.78, 5) is 0. The number of epoxide rings is 1. The minimum atomic E-state index is -0.296. The van der Waals surface area contributed by atoms with E-state index in [1.807, 2.05) is 6.92 Å². The van der Waals surface area contributed by atoms with Crippen molar-refractivity contribution in [2.75, 3.05) is 6.61 Å². The number of hydrogen-bond donors (Lipinski definition) is 0. The van der Waals surface area contributed by atoms with Gasteiger partial charge in [0, 0.05) is 6.61 Å². The van der Waals surface area contributed by atoms with E-state index in [9.17, 15) is 0 Å². The summed E-state index contributed by atoms with van der Waals surface area (Å²) in [5, 5.41) is 8.64. The third kappa shape index (κ3) is 1.12. The van der Waals surface area contributed by atoms with E-state index in [0.717, 1.165) is 19.4 Å². The molecule has 0 aromatic heterocycles. The zero-order chi connectivity index (χ0) is 8.60. The summed E-state index contributed by atoms with van der Waals surface area (Å²) in [5.74, 6) is 0. The minimum absolute atomic E-state index is 0.149. The monoisotopic (exact) mass is 167 g/mol. The van der Waals surface area contributed by atoms with E-state index in [0.29, 0.717) is 0 Å². The molecular weight excluding hydrogens is 154 g/mol. The second kappa shape index (κ2) is 2.72. The zero-order valence-corrected chi connectivity index (χ0v) is 7.25. The molecule has 2 fully saturated rings. The van der Waals surface area contributed by atoms with Gasteiger partial charge in [-0.3, -0.25) is 0 Å². The second-order valence-electron chi connectivity index (χ2n) is 3.67. The third-order valence-electron chi connectivity index (χ3n) is 2.77. The highest BCUT2D eigenvalue weighted by Crippen LogP contribution is 2.43. The van der Waals surface area contributed by atoms with Crippen molar-refractivity contribution in [2.45, 2.75) is 44.0 Å². The maximum atomic E-state index is 8.64. The number of nitrogens with zero attached hydrogens (tertiary/aromatic N) is 1. The second-order valence-corrected chi connectivity index (χ2v) is 3.67. The van der Waals surface area contributed by atoms with Crippen molar-refractivity contribution in [2.24, 2.45) is 0 Å². The van der Waals surface area contributed by atoms with Crippen LogP contribution in [0.4, 0.5) is 0 Å². The van der Waals surface area contributed by atoms with Crippen LogP contribution in [0.3, 0.4) is 0 Å². The van der Waals surface area contributed by atoms with Crippen LogP contribution in [0, 0.1) is 11.3 Å². The Bertz CT molecular complexity index is 217. The standard InChI is InChI=1S/C9H13NO2/c1-9(8(6-10)12-9)7-4-2-3-5-11-7/h7-8H,2-5H2,1H3. The Morgan fingerprint density at radius 1 is 1.50 bits per heavy atom. The maximum Gasteiger partial charge on any atom is 0.176 e. The fraction of sp³-hybridized carbons (Fsp3) is 0.889. The van der Waals surface area contributed by atoms with Crippen LogP contribution in [-0.4, -0.2) is 24.4 Å². The average molecular weight is 167 g/mol. The maximum absolute atomic E-state index is 8.64. The van der Waals surface area contributed by atoms with Crippen LogP contribution < -0.4 is 0 Å². The van der Waals surface area contributed by atoms with Gasteiger partial charge in [0.15, 0.2) is 6.10 Å². The summed E-state index contributed by atoms with van der Waals surface area (Å²) in [7, 11) is 0. The highest BCUT2D eigenvalue weighted by molar-refractivity contribution is 5.15. The van der Waals surface area contributed by atoms with E-state index < -0.39 is 0 Å². The van der Waals surface area contributed by atoms with Crippen molar-refractivity contribution in [3.05, 3.63) is 0 Å². The Labute approximate surface area is 72.3 Å². The van der Waals surface area contributed by atoms with Crippen LogP contribution >= 0.6 is 0 Å². The fourth-order valence-electron chi connectivity index (χ4n) is 1.81. The first kappa shape index (κ1) is 8.03. The number of ether oxygens (including phenoxy) is 2. The molecule has 0 N–H and O–H groups in total. The molecule has 3 unspecified atom stereocenters. The first-order valence-electron chi connectivity index (χ1n) is 4.46. The lowest BCUT2D eigenvalue weighted by atomic mass is 9.94. The summed E-state index contributed by atoms with van der Waals surface area (Å²) in [6.45, 7) is 2.79. The van der Waals surface area contributed by atoms with Gasteiger partial charge in [0.05, 0.1) is 12.2 Å². The predicted molar refractivity (Wildman–Crippen MR) is 42.5 cm³/mol. The lowest BCUT2D eigenvalue weighted by molar-refractivity contribution is -0.0286. The van der Waals surface area contributed by atoms with Crippen molar-refractivity contribution >= 4 is 0 Å². The average Bonchev–Trinajstić information content (AvgIpc) is 2.81. The third-order valence-corrected chi connectivity index (χ3v) is 2.77. The molecule has 0 bridgehead atoms. The number of hydrogen-bond acceptors (Lipinski definition) is 3. The summed E-state index contributed by atoms with van der Waals surface area (Å²) in [5.41, 5.74) is -0.296. The summed E-state index contributed by atoms with van der Waals surface area (Å²) in [6.07, 6.45) is 3.29. The van der Waals surface area contributed by atoms with E-state index in [1.54, 1.807) is 0 Å². The Kier molecular flexibility index (Phi) is 1.82. The molecule has 2 rings (SSSR count). The molecule has 3 nitrogen and oxygen atoms in total. The van der Waals surface area contributed by atoms with Gasteiger partial charge < -0.3 is 9.47 Å². The Balaban J connectivity index is 1.96. The Hall–Kier alpha value is -0.590. The molecule has 0 saturated carbocycles. The lowest BCUT2D eigenvalue weighted by Crippen LogP contribution is -2.34. The summed E-state index contributed by atoms with van der Waals surface area (Å²) >= 11 is 0. The molecule has 3 heteroatoms. The van der Waals surface area contributed by atoms with Crippen molar-refractivity contribution in [1.82, 2.24) is 0 Å². The molecule has 2 aliphatic rings. The SMILES string of the molecule is CC1(C2CCCCO2)OC1C#N. The normalized spacial score (nSPS) is 46.7. The van der Waals surface area contributed by atoms with Gasteiger partial charge in [-0.25, -0.2) is 0 Å². The van der Waals surface area contributed by atoms with Crippen LogP contribution in [0.1, 0.15) is 26.2 Å². The van der Waals surface area contributed by atoms with E-state index >= 15 is 0 Å². The zero-order valence-electron chi connectivity index (χ0n) is 7.25. The molecule has 2 heterocycles. The molecule has 0 aromatic carbocycles. The van der Waals surface area contributed by atoms with Gasteiger partial charge in [-0.1, -0.05) is 0 Å². The van der Waals surface area contributed by atoms with Gasteiger partial charge >= 0.3 is 0 Å². The van der Waals surface area contributed by atoms with Gasteiger partial charge in [-0.15, -0.1) is 0 Å². The predicted octanol–water partition coefficient (Wildman–Crippen LogP) is 1.24. The summed E-state index contributed by atoms with van der Waals surface area (Å²) in [6, 6.07) is 2.12. The van der Waals surface area contributed by atoms with E-state index in [2.05, 4.69) is 6.07 Å². The first-order valence-corrected chi connectivity index (χ1v) is 4.46.